The van der Waals surface area contributed by atoms with E-state index in [0.717, 1.165) is 3.57 Å². The van der Waals surface area contributed by atoms with E-state index in [9.17, 15) is 4.79 Å². The zero-order valence-corrected chi connectivity index (χ0v) is 12.5. The zero-order valence-electron chi connectivity index (χ0n) is 8.78. The number of nitrogen functional groups attached to an aromatic ring is 1. The number of halogens is 2. The molecular weight excluding hydrogens is 393 g/mol. The molecule has 0 saturated heterocycles. The summed E-state index contributed by atoms with van der Waals surface area (Å²) >= 11 is 5.55. The molecule has 0 aliphatic rings. The number of hydrogen-bond acceptors (Lipinski definition) is 2. The van der Waals surface area contributed by atoms with Gasteiger partial charge in [-0.1, -0.05) is 6.07 Å². The van der Waals surface area contributed by atoms with E-state index in [1.165, 1.54) is 0 Å². The van der Waals surface area contributed by atoms with E-state index < -0.39 is 0 Å². The number of anilines is 1. The molecule has 0 fully saturated rings. The van der Waals surface area contributed by atoms with Gasteiger partial charge < -0.3 is 5.73 Å². The largest absolute Gasteiger partial charge is 0.398 e. The van der Waals surface area contributed by atoms with Crippen molar-refractivity contribution in [2.24, 2.45) is 0 Å². The van der Waals surface area contributed by atoms with Crippen molar-refractivity contribution in [1.29, 1.82) is 0 Å². The molecule has 0 heterocycles. The minimum atomic E-state index is -0.0272. The lowest BCUT2D eigenvalue weighted by Gasteiger charge is -2.06. The average Bonchev–Trinajstić information content (AvgIpc) is 2.33. The highest BCUT2D eigenvalue weighted by Gasteiger charge is 2.13. The summed E-state index contributed by atoms with van der Waals surface area (Å²) in [5.74, 6) is -0.0272. The van der Waals surface area contributed by atoms with Crippen molar-refractivity contribution in [2.75, 3.05) is 5.73 Å². The molecule has 17 heavy (non-hydrogen) atoms. The molecule has 86 valence electrons. The van der Waals surface area contributed by atoms with Crippen molar-refractivity contribution in [2.45, 2.75) is 0 Å². The van der Waals surface area contributed by atoms with E-state index in [1.54, 1.807) is 18.2 Å². The van der Waals surface area contributed by atoms with Crippen LogP contribution in [0.25, 0.3) is 0 Å². The van der Waals surface area contributed by atoms with Crippen LogP contribution in [0.4, 0.5) is 5.69 Å². The predicted molar refractivity (Wildman–Crippen MR) is 81.1 cm³/mol. The normalized spacial score (nSPS) is 10.2. The fourth-order valence-corrected chi connectivity index (χ4v) is 2.29. The van der Waals surface area contributed by atoms with E-state index in [-0.39, 0.29) is 5.78 Å². The van der Waals surface area contributed by atoms with E-state index >= 15 is 0 Å². The van der Waals surface area contributed by atoms with Crippen LogP contribution in [0.2, 0.25) is 0 Å². The third-order valence-electron chi connectivity index (χ3n) is 2.38. The molecule has 0 spiro atoms. The molecule has 0 aliphatic heterocycles. The number of benzene rings is 2. The summed E-state index contributed by atoms with van der Waals surface area (Å²) in [4.78, 5) is 12.2. The van der Waals surface area contributed by atoms with E-state index in [1.807, 2.05) is 24.3 Å². The summed E-state index contributed by atoms with van der Waals surface area (Å²) in [7, 11) is 0. The van der Waals surface area contributed by atoms with Gasteiger partial charge in [0.15, 0.2) is 5.78 Å². The molecule has 0 bridgehead atoms. The lowest BCUT2D eigenvalue weighted by molar-refractivity contribution is 0.103. The van der Waals surface area contributed by atoms with Crippen molar-refractivity contribution in [3.05, 3.63) is 61.6 Å². The average molecular weight is 402 g/mol. The van der Waals surface area contributed by atoms with Crippen LogP contribution in [-0.2, 0) is 0 Å². The number of rotatable bonds is 2. The highest BCUT2D eigenvalue weighted by atomic mass is 127. The van der Waals surface area contributed by atoms with Crippen molar-refractivity contribution in [3.63, 3.8) is 0 Å². The smallest absolute Gasteiger partial charge is 0.194 e. The van der Waals surface area contributed by atoms with E-state index in [0.29, 0.717) is 21.3 Å². The molecule has 0 atom stereocenters. The molecule has 4 heteroatoms. The van der Waals surface area contributed by atoms with Crippen LogP contribution in [-0.4, -0.2) is 5.78 Å². The minimum absolute atomic E-state index is 0.0272. The third-order valence-corrected chi connectivity index (χ3v) is 3.98. The quantitative estimate of drug-likeness (QED) is 0.471. The number of hydrogen-bond donors (Lipinski definition) is 1. The highest BCUT2D eigenvalue weighted by Crippen LogP contribution is 2.26. The standard InChI is InChI=1S/C13H9BrINO/c14-12-10(2-1-3-11(12)16)13(17)8-4-6-9(15)7-5-8/h1-7H,16H2. The molecule has 0 unspecified atom stereocenters. The van der Waals surface area contributed by atoms with Gasteiger partial charge >= 0.3 is 0 Å². The van der Waals surface area contributed by atoms with Gasteiger partial charge in [0, 0.05) is 20.4 Å². The molecule has 0 saturated carbocycles. The fourth-order valence-electron chi connectivity index (χ4n) is 1.48. The first-order valence-electron chi connectivity index (χ1n) is 4.94. The number of nitrogens with two attached hydrogens (primary N) is 1. The molecule has 2 rings (SSSR count). The summed E-state index contributed by atoms with van der Waals surface area (Å²) in [5.41, 5.74) is 7.58. The summed E-state index contributed by atoms with van der Waals surface area (Å²) in [5, 5.41) is 0. The second-order valence-corrected chi connectivity index (χ2v) is 5.58. The summed E-state index contributed by atoms with van der Waals surface area (Å²) in [6.45, 7) is 0. The van der Waals surface area contributed by atoms with Crippen molar-refractivity contribution < 1.29 is 4.79 Å². The lowest BCUT2D eigenvalue weighted by atomic mass is 10.0. The maximum Gasteiger partial charge on any atom is 0.194 e. The van der Waals surface area contributed by atoms with Crippen LogP contribution in [0, 0.1) is 3.57 Å². The summed E-state index contributed by atoms with van der Waals surface area (Å²) in [6.07, 6.45) is 0. The Balaban J connectivity index is 2.44. The first kappa shape index (κ1) is 12.6. The Morgan fingerprint density at radius 3 is 2.41 bits per heavy atom. The molecule has 2 aromatic rings. The van der Waals surface area contributed by atoms with Crippen LogP contribution in [0.15, 0.2) is 46.9 Å². The molecule has 2 nitrogen and oxygen atoms in total. The van der Waals surface area contributed by atoms with Gasteiger partial charge in [-0.3, -0.25) is 4.79 Å². The highest BCUT2D eigenvalue weighted by molar-refractivity contribution is 14.1. The van der Waals surface area contributed by atoms with Gasteiger partial charge in [0.25, 0.3) is 0 Å². The lowest BCUT2D eigenvalue weighted by Crippen LogP contribution is -2.03. The third kappa shape index (κ3) is 2.69. The number of carbonyl (C=O) groups excluding carboxylic acids is 1. The van der Waals surface area contributed by atoms with Crippen molar-refractivity contribution in [1.82, 2.24) is 0 Å². The SMILES string of the molecule is Nc1cccc(C(=O)c2ccc(I)cc2)c1Br. The van der Waals surface area contributed by atoms with E-state index in [4.69, 9.17) is 5.73 Å². The first-order valence-corrected chi connectivity index (χ1v) is 6.81. The predicted octanol–water partition coefficient (Wildman–Crippen LogP) is 3.87. The topological polar surface area (TPSA) is 43.1 Å². The Bertz CT molecular complexity index is 566. The second-order valence-electron chi connectivity index (χ2n) is 3.54. The van der Waals surface area contributed by atoms with Gasteiger partial charge in [-0.2, -0.15) is 0 Å². The first-order chi connectivity index (χ1) is 8.09. The van der Waals surface area contributed by atoms with Crippen LogP contribution >= 0.6 is 38.5 Å². The fraction of sp³-hybridized carbons (Fsp3) is 0. The number of carbonyl (C=O) groups is 1. The maximum absolute atomic E-state index is 12.2. The summed E-state index contributed by atoms with van der Waals surface area (Å²) in [6, 6.07) is 12.8. The van der Waals surface area contributed by atoms with Crippen molar-refractivity contribution in [3.8, 4) is 0 Å². The minimum Gasteiger partial charge on any atom is -0.398 e. The zero-order chi connectivity index (χ0) is 12.4. The van der Waals surface area contributed by atoms with Crippen LogP contribution < -0.4 is 5.73 Å². The summed E-state index contributed by atoms with van der Waals surface area (Å²) < 4.78 is 1.76. The molecule has 0 aromatic heterocycles. The maximum atomic E-state index is 12.2. The molecule has 0 aliphatic carbocycles. The van der Waals surface area contributed by atoms with Crippen molar-refractivity contribution >= 4 is 50.0 Å². The Hall–Kier alpha value is -0.880. The molecule has 0 amide bonds. The Morgan fingerprint density at radius 1 is 1.12 bits per heavy atom. The Labute approximate surface area is 121 Å². The Morgan fingerprint density at radius 2 is 1.76 bits per heavy atom. The van der Waals surface area contributed by atoms with Crippen LogP contribution in [0.5, 0.6) is 0 Å². The molecular formula is C13H9BrINO. The van der Waals surface area contributed by atoms with E-state index in [2.05, 4.69) is 38.5 Å². The Kier molecular flexibility index (Phi) is 3.83. The van der Waals surface area contributed by atoms with Crippen LogP contribution in [0.1, 0.15) is 15.9 Å². The van der Waals surface area contributed by atoms with Crippen LogP contribution in [0.3, 0.4) is 0 Å². The van der Waals surface area contributed by atoms with Gasteiger partial charge in [-0.05, 0) is 74.9 Å². The van der Waals surface area contributed by atoms with Gasteiger partial charge in [-0.15, -0.1) is 0 Å². The van der Waals surface area contributed by atoms with Gasteiger partial charge in [-0.25, -0.2) is 0 Å². The molecule has 2 aromatic carbocycles. The monoisotopic (exact) mass is 401 g/mol. The van der Waals surface area contributed by atoms with Gasteiger partial charge in [0.2, 0.25) is 0 Å². The molecule has 0 radical (unpaired) electrons. The molecule has 2 N–H and O–H groups in total. The van der Waals surface area contributed by atoms with Gasteiger partial charge in [0.05, 0.1) is 4.47 Å². The van der Waals surface area contributed by atoms with Gasteiger partial charge in [0.1, 0.15) is 0 Å². The second kappa shape index (κ2) is 5.18. The number of ketones is 1.